The number of hydrogen-bond donors (Lipinski definition) is 0. The van der Waals surface area contributed by atoms with Crippen LogP contribution >= 0.6 is 7.60 Å². The number of unbranched alkanes of at least 4 members (excludes halogenated alkanes) is 2. The summed E-state index contributed by atoms with van der Waals surface area (Å²) in [4.78, 5) is 12.3. The Morgan fingerprint density at radius 2 is 1.67 bits per heavy atom. The van der Waals surface area contributed by atoms with Gasteiger partial charge in [0.1, 0.15) is 5.31 Å². The Kier molecular flexibility index (Phi) is 9.43. The molecule has 0 atom stereocenters. The highest BCUT2D eigenvalue weighted by atomic mass is 31.2. The Labute approximate surface area is 162 Å². The van der Waals surface area contributed by atoms with E-state index in [1.807, 2.05) is 18.2 Å². The van der Waals surface area contributed by atoms with Crippen LogP contribution in [0, 0.1) is 0 Å². The van der Waals surface area contributed by atoms with Gasteiger partial charge >= 0.3 is 7.60 Å². The summed E-state index contributed by atoms with van der Waals surface area (Å²) in [6.45, 7) is 5.41. The van der Waals surface area contributed by atoms with Crippen LogP contribution in [-0.2, 0) is 29.8 Å². The molecule has 1 aromatic rings. The maximum absolute atomic E-state index is 13.0. The smallest absolute Gasteiger partial charge is 0.364 e. The summed E-state index contributed by atoms with van der Waals surface area (Å²) >= 11 is 0. The van der Waals surface area contributed by atoms with Crippen molar-refractivity contribution in [2.24, 2.45) is 0 Å². The van der Waals surface area contributed by atoms with Crippen molar-refractivity contribution in [3.63, 3.8) is 0 Å². The first kappa shape index (κ1) is 22.0. The molecule has 0 bridgehead atoms. The molecule has 1 aliphatic carbocycles. The summed E-state index contributed by atoms with van der Waals surface area (Å²) in [5.74, 6) is -0.0820. The molecule has 0 amide bonds. The third-order valence-electron chi connectivity index (χ3n) is 4.50. The highest BCUT2D eigenvalue weighted by Gasteiger charge is 2.39. The molecule has 27 heavy (non-hydrogen) atoms. The number of ether oxygens (including phenoxy) is 1. The number of carbonyl (C=O) groups excluding carboxylic acids is 1. The first-order chi connectivity index (χ1) is 13.1. The van der Waals surface area contributed by atoms with Crippen LogP contribution in [0.5, 0.6) is 0 Å². The summed E-state index contributed by atoms with van der Waals surface area (Å²) in [7, 11) is -3.47. The van der Waals surface area contributed by atoms with Gasteiger partial charge in [0, 0.05) is 13.0 Å². The van der Waals surface area contributed by atoms with Crippen LogP contribution in [0.15, 0.2) is 41.2 Å². The minimum Gasteiger partial charge on any atom is -0.377 e. The maximum atomic E-state index is 13.0. The van der Waals surface area contributed by atoms with Gasteiger partial charge in [0.2, 0.25) is 0 Å². The lowest BCUT2D eigenvalue weighted by atomic mass is 10.1. The molecule has 150 valence electrons. The molecule has 0 saturated heterocycles. The van der Waals surface area contributed by atoms with Gasteiger partial charge in [-0.05, 0) is 45.1 Å². The average Bonchev–Trinajstić information content (AvgIpc) is 3.03. The van der Waals surface area contributed by atoms with E-state index in [0.717, 1.165) is 37.9 Å². The Morgan fingerprint density at radius 1 is 0.963 bits per heavy atom. The molecular weight excluding hydrogens is 363 g/mol. The molecule has 0 aliphatic heterocycles. The minimum atomic E-state index is -3.47. The predicted molar refractivity (Wildman–Crippen MR) is 107 cm³/mol. The fraction of sp³-hybridized carbons (Fsp3) is 0.571. The van der Waals surface area contributed by atoms with Crippen molar-refractivity contribution >= 4 is 13.4 Å². The number of Topliss-reactive ketones (excluding diaryl/α,β-unsaturated/α-hetero) is 1. The normalized spacial score (nSPS) is 15.0. The minimum absolute atomic E-state index is 0.0820. The SMILES string of the molecule is CCOP(=O)(OCC)C1=C(CCCCCOCc2ccccc2)CCC1=O. The molecular formula is C21H31O5P. The maximum Gasteiger partial charge on any atom is 0.364 e. The van der Waals surface area contributed by atoms with Crippen LogP contribution in [0.4, 0.5) is 0 Å². The van der Waals surface area contributed by atoms with Gasteiger partial charge in [0.15, 0.2) is 5.78 Å². The van der Waals surface area contributed by atoms with Gasteiger partial charge in [0.25, 0.3) is 0 Å². The van der Waals surface area contributed by atoms with Crippen molar-refractivity contribution in [3.8, 4) is 0 Å². The van der Waals surface area contributed by atoms with E-state index in [1.165, 1.54) is 5.56 Å². The van der Waals surface area contributed by atoms with Gasteiger partial charge in [-0.15, -0.1) is 0 Å². The van der Waals surface area contributed by atoms with Crippen molar-refractivity contribution < 1.29 is 23.1 Å². The average molecular weight is 394 g/mol. The zero-order valence-corrected chi connectivity index (χ0v) is 17.3. The van der Waals surface area contributed by atoms with E-state index in [-0.39, 0.29) is 19.0 Å². The van der Waals surface area contributed by atoms with Gasteiger partial charge in [-0.2, -0.15) is 0 Å². The second kappa shape index (κ2) is 11.6. The zero-order valence-electron chi connectivity index (χ0n) is 16.4. The van der Waals surface area contributed by atoms with Crippen LogP contribution in [0.3, 0.4) is 0 Å². The molecule has 0 N–H and O–H groups in total. The first-order valence-electron chi connectivity index (χ1n) is 9.87. The fourth-order valence-corrected chi connectivity index (χ4v) is 5.32. The lowest BCUT2D eigenvalue weighted by molar-refractivity contribution is -0.114. The van der Waals surface area contributed by atoms with Gasteiger partial charge in [0.05, 0.1) is 19.8 Å². The Morgan fingerprint density at radius 3 is 2.33 bits per heavy atom. The summed E-state index contributed by atoms with van der Waals surface area (Å²) < 4.78 is 29.5. The largest absolute Gasteiger partial charge is 0.377 e. The predicted octanol–water partition coefficient (Wildman–Crippen LogP) is 5.65. The van der Waals surface area contributed by atoms with E-state index >= 15 is 0 Å². The third kappa shape index (κ3) is 6.69. The highest BCUT2D eigenvalue weighted by molar-refractivity contribution is 7.60. The van der Waals surface area contributed by atoms with E-state index in [4.69, 9.17) is 13.8 Å². The quantitative estimate of drug-likeness (QED) is 0.320. The van der Waals surface area contributed by atoms with Crippen LogP contribution in [0.2, 0.25) is 0 Å². The highest BCUT2D eigenvalue weighted by Crippen LogP contribution is 2.60. The van der Waals surface area contributed by atoms with E-state index < -0.39 is 7.60 Å². The summed E-state index contributed by atoms with van der Waals surface area (Å²) in [6.07, 6.45) is 4.77. The fourth-order valence-electron chi connectivity index (χ4n) is 3.28. The van der Waals surface area contributed by atoms with E-state index in [0.29, 0.717) is 24.8 Å². The summed E-state index contributed by atoms with van der Waals surface area (Å²) in [5.41, 5.74) is 2.13. The van der Waals surface area contributed by atoms with Crippen molar-refractivity contribution in [2.45, 2.75) is 59.0 Å². The molecule has 2 rings (SSSR count). The standard InChI is InChI=1S/C21H31O5P/c1-3-25-27(23,26-4-2)21-19(14-15-20(21)22)13-9-6-10-16-24-17-18-11-7-5-8-12-18/h5,7-8,11-12H,3-4,6,9-10,13-17H2,1-2H3. The second-order valence-corrected chi connectivity index (χ2v) is 8.52. The van der Waals surface area contributed by atoms with Gasteiger partial charge in [-0.1, -0.05) is 42.3 Å². The lowest BCUT2D eigenvalue weighted by Crippen LogP contribution is -2.05. The molecule has 0 fully saturated rings. The van der Waals surface area contributed by atoms with E-state index in [2.05, 4.69) is 12.1 Å². The zero-order chi connectivity index (χ0) is 19.5. The van der Waals surface area contributed by atoms with Crippen molar-refractivity contribution in [2.75, 3.05) is 19.8 Å². The second-order valence-electron chi connectivity index (χ2n) is 6.56. The summed E-state index contributed by atoms with van der Waals surface area (Å²) in [6, 6.07) is 10.1. The summed E-state index contributed by atoms with van der Waals surface area (Å²) in [5, 5.41) is 0.325. The molecule has 0 radical (unpaired) electrons. The number of ketones is 1. The molecule has 6 heteroatoms. The number of allylic oxidation sites excluding steroid dienone is 2. The molecule has 1 aliphatic rings. The molecule has 0 aromatic heterocycles. The Bertz CT molecular complexity index is 658. The molecule has 0 spiro atoms. The van der Waals surface area contributed by atoms with Gasteiger partial charge in [-0.25, -0.2) is 0 Å². The Hall–Kier alpha value is -1.26. The molecule has 0 heterocycles. The van der Waals surface area contributed by atoms with Crippen molar-refractivity contribution in [3.05, 3.63) is 46.8 Å². The van der Waals surface area contributed by atoms with Crippen LogP contribution in [0.1, 0.15) is 57.9 Å². The monoisotopic (exact) mass is 394 g/mol. The van der Waals surface area contributed by atoms with Crippen molar-refractivity contribution in [1.82, 2.24) is 0 Å². The lowest BCUT2D eigenvalue weighted by Gasteiger charge is -2.19. The molecule has 0 saturated carbocycles. The van der Waals surface area contributed by atoms with Crippen molar-refractivity contribution in [1.29, 1.82) is 0 Å². The number of rotatable bonds is 13. The number of hydrogen-bond acceptors (Lipinski definition) is 5. The molecule has 1 aromatic carbocycles. The molecule has 5 nitrogen and oxygen atoms in total. The molecule has 0 unspecified atom stereocenters. The van der Waals surface area contributed by atoms with Gasteiger partial charge in [-0.3, -0.25) is 9.36 Å². The number of benzene rings is 1. The third-order valence-corrected chi connectivity index (χ3v) is 6.81. The topological polar surface area (TPSA) is 61.8 Å². The van der Waals surface area contributed by atoms with Crippen LogP contribution in [0.25, 0.3) is 0 Å². The van der Waals surface area contributed by atoms with Crippen LogP contribution < -0.4 is 0 Å². The number of carbonyl (C=O) groups is 1. The Balaban J connectivity index is 1.78. The van der Waals surface area contributed by atoms with Crippen LogP contribution in [-0.4, -0.2) is 25.6 Å². The van der Waals surface area contributed by atoms with E-state index in [9.17, 15) is 9.36 Å². The van der Waals surface area contributed by atoms with E-state index in [1.54, 1.807) is 13.8 Å². The van der Waals surface area contributed by atoms with Gasteiger partial charge < -0.3 is 13.8 Å². The first-order valence-corrected chi connectivity index (χ1v) is 11.4.